The zero-order valence-corrected chi connectivity index (χ0v) is 14.4. The van der Waals surface area contributed by atoms with E-state index >= 15 is 0 Å². The Labute approximate surface area is 146 Å². The molecule has 0 fully saturated rings. The summed E-state index contributed by atoms with van der Waals surface area (Å²) in [4.78, 5) is 14.1. The SMILES string of the molecule is CCN(CC(=O)Nc1ccc(Cl)cc1)Cc1ccc(OC)c(F)c1. The van der Waals surface area contributed by atoms with Gasteiger partial charge >= 0.3 is 0 Å². The van der Waals surface area contributed by atoms with Gasteiger partial charge in [-0.3, -0.25) is 9.69 Å². The number of amides is 1. The first-order valence-corrected chi connectivity index (χ1v) is 7.99. The number of likely N-dealkylation sites (N-methyl/N-ethyl adjacent to an activating group) is 1. The predicted molar refractivity (Wildman–Crippen MR) is 94.0 cm³/mol. The predicted octanol–water partition coefficient (Wildman–Crippen LogP) is 3.95. The molecule has 0 spiro atoms. The van der Waals surface area contributed by atoms with Gasteiger partial charge in [0.15, 0.2) is 11.6 Å². The van der Waals surface area contributed by atoms with Crippen LogP contribution in [0.3, 0.4) is 0 Å². The first kappa shape index (κ1) is 18.2. The fourth-order valence-corrected chi connectivity index (χ4v) is 2.41. The van der Waals surface area contributed by atoms with Gasteiger partial charge in [0.2, 0.25) is 5.91 Å². The normalized spacial score (nSPS) is 10.7. The number of hydrogen-bond donors (Lipinski definition) is 1. The highest BCUT2D eigenvalue weighted by Gasteiger charge is 2.11. The number of hydrogen-bond acceptors (Lipinski definition) is 3. The third kappa shape index (κ3) is 5.22. The molecule has 0 aliphatic heterocycles. The van der Waals surface area contributed by atoms with Crippen LogP contribution >= 0.6 is 11.6 Å². The summed E-state index contributed by atoms with van der Waals surface area (Å²) < 4.78 is 18.7. The summed E-state index contributed by atoms with van der Waals surface area (Å²) in [5, 5.41) is 3.43. The highest BCUT2D eigenvalue weighted by Crippen LogP contribution is 2.19. The number of anilines is 1. The van der Waals surface area contributed by atoms with Crippen LogP contribution in [0.4, 0.5) is 10.1 Å². The Balaban J connectivity index is 1.94. The number of nitrogens with zero attached hydrogens (tertiary/aromatic N) is 1. The third-order valence-corrected chi connectivity index (χ3v) is 3.82. The molecule has 24 heavy (non-hydrogen) atoms. The number of carbonyl (C=O) groups is 1. The van der Waals surface area contributed by atoms with Crippen molar-refractivity contribution in [1.29, 1.82) is 0 Å². The maximum absolute atomic E-state index is 13.8. The van der Waals surface area contributed by atoms with E-state index in [1.54, 1.807) is 36.4 Å². The number of carbonyl (C=O) groups excluding carboxylic acids is 1. The van der Waals surface area contributed by atoms with Crippen molar-refractivity contribution in [3.63, 3.8) is 0 Å². The molecule has 2 aromatic carbocycles. The lowest BCUT2D eigenvalue weighted by Crippen LogP contribution is -2.32. The van der Waals surface area contributed by atoms with Gasteiger partial charge < -0.3 is 10.1 Å². The lowest BCUT2D eigenvalue weighted by molar-refractivity contribution is -0.117. The Hall–Kier alpha value is -2.11. The van der Waals surface area contributed by atoms with Gasteiger partial charge in [0.05, 0.1) is 13.7 Å². The van der Waals surface area contributed by atoms with E-state index in [2.05, 4.69) is 5.32 Å². The third-order valence-electron chi connectivity index (χ3n) is 3.56. The van der Waals surface area contributed by atoms with Crippen molar-refractivity contribution < 1.29 is 13.9 Å². The number of methoxy groups -OCH3 is 1. The summed E-state index contributed by atoms with van der Waals surface area (Å²) in [5.41, 5.74) is 1.48. The smallest absolute Gasteiger partial charge is 0.238 e. The zero-order valence-electron chi connectivity index (χ0n) is 13.7. The molecule has 0 aliphatic carbocycles. The van der Waals surface area contributed by atoms with Crippen LogP contribution in [0.2, 0.25) is 5.02 Å². The number of halogens is 2. The molecule has 4 nitrogen and oxygen atoms in total. The summed E-state index contributed by atoms with van der Waals surface area (Å²) >= 11 is 5.82. The monoisotopic (exact) mass is 350 g/mol. The van der Waals surface area contributed by atoms with Gasteiger partial charge in [-0.2, -0.15) is 0 Å². The number of ether oxygens (including phenoxy) is 1. The molecule has 0 aromatic heterocycles. The molecule has 0 aliphatic rings. The molecule has 0 atom stereocenters. The summed E-state index contributed by atoms with van der Waals surface area (Å²) in [6, 6.07) is 11.7. The van der Waals surface area contributed by atoms with Crippen LogP contribution in [0.1, 0.15) is 12.5 Å². The van der Waals surface area contributed by atoms with Gasteiger partial charge in [-0.05, 0) is 48.5 Å². The number of benzene rings is 2. The average Bonchev–Trinajstić information content (AvgIpc) is 2.56. The standard InChI is InChI=1S/C18H20ClFN2O2/c1-3-22(11-13-4-9-17(24-2)16(20)10-13)12-18(23)21-15-7-5-14(19)6-8-15/h4-10H,3,11-12H2,1-2H3,(H,21,23). The van der Waals surface area contributed by atoms with Gasteiger partial charge in [0.1, 0.15) is 0 Å². The minimum absolute atomic E-state index is 0.131. The van der Waals surface area contributed by atoms with Crippen molar-refractivity contribution in [3.05, 3.63) is 58.9 Å². The Morgan fingerprint density at radius 1 is 1.25 bits per heavy atom. The van der Waals surface area contributed by atoms with Gasteiger partial charge in [-0.1, -0.05) is 24.6 Å². The first-order valence-electron chi connectivity index (χ1n) is 7.62. The van der Waals surface area contributed by atoms with Crippen molar-refractivity contribution in [2.75, 3.05) is 25.5 Å². The summed E-state index contributed by atoms with van der Waals surface area (Å²) in [5.74, 6) is -0.327. The second kappa shape index (κ2) is 8.66. The molecule has 0 unspecified atom stereocenters. The van der Waals surface area contributed by atoms with E-state index in [9.17, 15) is 9.18 Å². The molecule has 0 saturated heterocycles. The fourth-order valence-electron chi connectivity index (χ4n) is 2.28. The maximum atomic E-state index is 13.8. The Morgan fingerprint density at radius 3 is 2.54 bits per heavy atom. The van der Waals surface area contributed by atoms with E-state index in [1.807, 2.05) is 11.8 Å². The highest BCUT2D eigenvalue weighted by atomic mass is 35.5. The van der Waals surface area contributed by atoms with Crippen LogP contribution in [0.15, 0.2) is 42.5 Å². The van der Waals surface area contributed by atoms with Crippen molar-refractivity contribution in [2.45, 2.75) is 13.5 Å². The topological polar surface area (TPSA) is 41.6 Å². The van der Waals surface area contributed by atoms with E-state index in [1.165, 1.54) is 13.2 Å². The van der Waals surface area contributed by atoms with E-state index in [0.717, 1.165) is 5.56 Å². The van der Waals surface area contributed by atoms with Crippen LogP contribution in [0, 0.1) is 5.82 Å². The molecule has 0 heterocycles. The lowest BCUT2D eigenvalue weighted by atomic mass is 10.2. The first-order chi connectivity index (χ1) is 11.5. The van der Waals surface area contributed by atoms with Crippen LogP contribution in [-0.4, -0.2) is 31.0 Å². The molecule has 6 heteroatoms. The van der Waals surface area contributed by atoms with Crippen molar-refractivity contribution in [1.82, 2.24) is 4.90 Å². The van der Waals surface area contributed by atoms with Crippen LogP contribution < -0.4 is 10.1 Å². The zero-order chi connectivity index (χ0) is 17.5. The highest BCUT2D eigenvalue weighted by molar-refractivity contribution is 6.30. The maximum Gasteiger partial charge on any atom is 0.238 e. The summed E-state index contributed by atoms with van der Waals surface area (Å²) in [6.45, 7) is 3.31. The van der Waals surface area contributed by atoms with E-state index in [4.69, 9.17) is 16.3 Å². The Bertz CT molecular complexity index is 692. The van der Waals surface area contributed by atoms with Crippen molar-refractivity contribution in [3.8, 4) is 5.75 Å². The van der Waals surface area contributed by atoms with E-state index < -0.39 is 5.82 Å². The largest absolute Gasteiger partial charge is 0.494 e. The molecular formula is C18H20ClFN2O2. The van der Waals surface area contributed by atoms with Crippen molar-refractivity contribution in [2.24, 2.45) is 0 Å². The summed E-state index contributed by atoms with van der Waals surface area (Å²) in [7, 11) is 1.43. The Kier molecular flexibility index (Phi) is 6.58. The minimum atomic E-state index is -0.406. The Morgan fingerprint density at radius 2 is 1.96 bits per heavy atom. The van der Waals surface area contributed by atoms with Crippen LogP contribution in [0.5, 0.6) is 5.75 Å². The average molecular weight is 351 g/mol. The molecule has 0 bridgehead atoms. The van der Waals surface area contributed by atoms with Gasteiger partial charge in [0, 0.05) is 17.3 Å². The van der Waals surface area contributed by atoms with Crippen molar-refractivity contribution >= 4 is 23.2 Å². The lowest BCUT2D eigenvalue weighted by Gasteiger charge is -2.20. The molecular weight excluding hydrogens is 331 g/mol. The molecule has 1 N–H and O–H groups in total. The van der Waals surface area contributed by atoms with Gasteiger partial charge in [-0.25, -0.2) is 4.39 Å². The quantitative estimate of drug-likeness (QED) is 0.822. The second-order valence-corrected chi connectivity index (χ2v) is 5.76. The van der Waals surface area contributed by atoms with Gasteiger partial charge in [0.25, 0.3) is 0 Å². The number of nitrogens with one attached hydrogen (secondary N) is 1. The minimum Gasteiger partial charge on any atom is -0.494 e. The molecule has 2 rings (SSSR count). The van der Waals surface area contributed by atoms with Crippen LogP contribution in [-0.2, 0) is 11.3 Å². The summed E-state index contributed by atoms with van der Waals surface area (Å²) in [6.07, 6.45) is 0. The fraction of sp³-hybridized carbons (Fsp3) is 0.278. The molecule has 128 valence electrons. The molecule has 2 aromatic rings. The molecule has 0 saturated carbocycles. The van der Waals surface area contributed by atoms with Crippen LogP contribution in [0.25, 0.3) is 0 Å². The number of rotatable bonds is 7. The molecule has 1 amide bonds. The van der Waals surface area contributed by atoms with Gasteiger partial charge in [-0.15, -0.1) is 0 Å². The van der Waals surface area contributed by atoms with E-state index in [0.29, 0.717) is 23.8 Å². The molecule has 0 radical (unpaired) electrons. The second-order valence-electron chi connectivity index (χ2n) is 5.33. The van der Waals surface area contributed by atoms with E-state index in [-0.39, 0.29) is 18.2 Å².